The molecular weight excluding hydrogens is 258 g/mol. The summed E-state index contributed by atoms with van der Waals surface area (Å²) < 4.78 is 16.6. The quantitative estimate of drug-likeness (QED) is 0.575. The molecular formula is C15H27NO4. The van der Waals surface area contributed by atoms with Gasteiger partial charge in [-0.3, -0.25) is 0 Å². The maximum absolute atomic E-state index is 12.1. The van der Waals surface area contributed by atoms with E-state index in [4.69, 9.17) is 14.2 Å². The van der Waals surface area contributed by atoms with Crippen LogP contribution in [-0.2, 0) is 14.2 Å². The van der Waals surface area contributed by atoms with E-state index in [2.05, 4.69) is 6.58 Å². The monoisotopic (exact) mass is 285 g/mol. The molecule has 1 heterocycles. The van der Waals surface area contributed by atoms with Gasteiger partial charge in [0, 0.05) is 13.7 Å². The number of hydrogen-bond donors (Lipinski definition) is 0. The third kappa shape index (κ3) is 5.51. The predicted octanol–water partition coefficient (Wildman–Crippen LogP) is 2.60. The van der Waals surface area contributed by atoms with Crippen molar-refractivity contribution in [2.45, 2.75) is 51.4 Å². The van der Waals surface area contributed by atoms with Gasteiger partial charge in [-0.1, -0.05) is 6.08 Å². The summed E-state index contributed by atoms with van der Waals surface area (Å²) in [6.07, 6.45) is 2.99. The van der Waals surface area contributed by atoms with Crippen LogP contribution >= 0.6 is 0 Å². The average molecular weight is 285 g/mol. The van der Waals surface area contributed by atoms with Crippen molar-refractivity contribution in [1.29, 1.82) is 0 Å². The minimum absolute atomic E-state index is 0.0264. The largest absolute Gasteiger partial charge is 0.444 e. The Morgan fingerprint density at radius 3 is 2.65 bits per heavy atom. The molecule has 0 radical (unpaired) electrons. The van der Waals surface area contributed by atoms with Crippen molar-refractivity contribution in [2.24, 2.45) is 0 Å². The highest BCUT2D eigenvalue weighted by Gasteiger charge is 2.34. The molecule has 1 aliphatic rings. The lowest BCUT2D eigenvalue weighted by atomic mass is 10.0. The lowest BCUT2D eigenvalue weighted by molar-refractivity contribution is -0.0944. The molecule has 1 aliphatic heterocycles. The average Bonchev–Trinajstić information content (AvgIpc) is 2.37. The Bertz CT molecular complexity index is 324. The van der Waals surface area contributed by atoms with Gasteiger partial charge in [0.2, 0.25) is 0 Å². The predicted molar refractivity (Wildman–Crippen MR) is 77.8 cm³/mol. The third-order valence-electron chi connectivity index (χ3n) is 3.11. The van der Waals surface area contributed by atoms with Crippen LogP contribution in [0.2, 0.25) is 0 Å². The van der Waals surface area contributed by atoms with Crippen LogP contribution in [0.1, 0.15) is 33.6 Å². The van der Waals surface area contributed by atoms with Crippen LogP contribution in [0.25, 0.3) is 0 Å². The molecule has 0 spiro atoms. The van der Waals surface area contributed by atoms with Crippen LogP contribution < -0.4 is 0 Å². The van der Waals surface area contributed by atoms with Crippen LogP contribution in [0.4, 0.5) is 4.79 Å². The van der Waals surface area contributed by atoms with E-state index >= 15 is 0 Å². The number of carbonyl (C=O) groups excluding carboxylic acids is 1. The highest BCUT2D eigenvalue weighted by molar-refractivity contribution is 5.68. The summed E-state index contributed by atoms with van der Waals surface area (Å²) in [5.41, 5.74) is -0.478. The smallest absolute Gasteiger partial charge is 0.410 e. The highest BCUT2D eigenvalue weighted by atomic mass is 16.6. The van der Waals surface area contributed by atoms with Gasteiger partial charge in [-0.05, 0) is 33.6 Å². The molecule has 1 rings (SSSR count). The molecule has 20 heavy (non-hydrogen) atoms. The second-order valence-electron chi connectivity index (χ2n) is 5.98. The molecule has 0 N–H and O–H groups in total. The number of carbonyl (C=O) groups is 1. The van der Waals surface area contributed by atoms with Crippen LogP contribution in [0.5, 0.6) is 0 Å². The van der Waals surface area contributed by atoms with Gasteiger partial charge in [0.1, 0.15) is 11.7 Å². The van der Waals surface area contributed by atoms with Gasteiger partial charge in [-0.25, -0.2) is 4.79 Å². The molecule has 5 heteroatoms. The first-order chi connectivity index (χ1) is 9.37. The van der Waals surface area contributed by atoms with Crippen LogP contribution in [-0.4, -0.2) is 55.6 Å². The fraction of sp³-hybridized carbons (Fsp3) is 0.800. The molecule has 1 amide bonds. The first-order valence-corrected chi connectivity index (χ1v) is 7.10. The number of likely N-dealkylation sites (tertiary alicyclic amines) is 1. The minimum Gasteiger partial charge on any atom is -0.444 e. The number of piperidine rings is 1. The van der Waals surface area contributed by atoms with Crippen molar-refractivity contribution in [3.8, 4) is 0 Å². The van der Waals surface area contributed by atoms with Crippen molar-refractivity contribution < 1.29 is 19.0 Å². The fourth-order valence-electron chi connectivity index (χ4n) is 2.12. The summed E-state index contributed by atoms with van der Waals surface area (Å²) in [7, 11) is 1.68. The van der Waals surface area contributed by atoms with E-state index in [0.717, 1.165) is 12.8 Å². The number of rotatable bonds is 5. The van der Waals surface area contributed by atoms with E-state index in [1.54, 1.807) is 12.0 Å². The summed E-state index contributed by atoms with van der Waals surface area (Å²) in [4.78, 5) is 13.8. The van der Waals surface area contributed by atoms with Gasteiger partial charge >= 0.3 is 6.09 Å². The standard InChI is InChI=1S/C15H27NO4/c1-6-7-10-19-13-11-16(9-8-12(13)18-5)14(17)20-15(2,3)4/h6,12-13H,1,7-11H2,2-5H3/t12-,13+/m0/s1. The van der Waals surface area contributed by atoms with E-state index in [9.17, 15) is 4.79 Å². The normalized spacial score (nSPS) is 23.5. The number of methoxy groups -OCH3 is 1. The van der Waals surface area contributed by atoms with Gasteiger partial charge in [-0.2, -0.15) is 0 Å². The van der Waals surface area contributed by atoms with Gasteiger partial charge in [0.25, 0.3) is 0 Å². The Balaban J connectivity index is 2.55. The van der Waals surface area contributed by atoms with Gasteiger partial charge in [0.15, 0.2) is 0 Å². The topological polar surface area (TPSA) is 48.0 Å². The van der Waals surface area contributed by atoms with Crippen LogP contribution in [0.3, 0.4) is 0 Å². The second-order valence-corrected chi connectivity index (χ2v) is 5.98. The Kier molecular flexibility index (Phi) is 6.49. The maximum Gasteiger partial charge on any atom is 0.410 e. The zero-order chi connectivity index (χ0) is 15.2. The molecule has 0 aromatic carbocycles. The fourth-order valence-corrected chi connectivity index (χ4v) is 2.12. The van der Waals surface area contributed by atoms with E-state index in [-0.39, 0.29) is 18.3 Å². The Morgan fingerprint density at radius 2 is 2.10 bits per heavy atom. The number of ether oxygens (including phenoxy) is 3. The Labute approximate surface area is 121 Å². The summed E-state index contributed by atoms with van der Waals surface area (Å²) in [5, 5.41) is 0. The second kappa shape index (κ2) is 7.64. The summed E-state index contributed by atoms with van der Waals surface area (Å²) >= 11 is 0. The van der Waals surface area contributed by atoms with Crippen molar-refractivity contribution in [3.05, 3.63) is 12.7 Å². The van der Waals surface area contributed by atoms with E-state index < -0.39 is 5.60 Å². The molecule has 0 saturated carbocycles. The van der Waals surface area contributed by atoms with E-state index in [0.29, 0.717) is 19.7 Å². The molecule has 0 aliphatic carbocycles. The van der Waals surface area contributed by atoms with Crippen molar-refractivity contribution in [1.82, 2.24) is 4.90 Å². The number of amides is 1. The molecule has 0 aromatic heterocycles. The maximum atomic E-state index is 12.1. The van der Waals surface area contributed by atoms with Crippen molar-refractivity contribution >= 4 is 6.09 Å². The number of hydrogen-bond acceptors (Lipinski definition) is 4. The van der Waals surface area contributed by atoms with Gasteiger partial charge in [-0.15, -0.1) is 6.58 Å². The molecule has 1 saturated heterocycles. The lowest BCUT2D eigenvalue weighted by Crippen LogP contribution is -2.51. The zero-order valence-corrected chi connectivity index (χ0v) is 13.1. The summed E-state index contributed by atoms with van der Waals surface area (Å²) in [5.74, 6) is 0. The van der Waals surface area contributed by atoms with Gasteiger partial charge in [0.05, 0.1) is 19.3 Å². The minimum atomic E-state index is -0.478. The molecule has 0 bridgehead atoms. The number of nitrogens with zero attached hydrogens (tertiary/aromatic N) is 1. The first-order valence-electron chi connectivity index (χ1n) is 7.10. The molecule has 0 unspecified atom stereocenters. The van der Waals surface area contributed by atoms with Gasteiger partial charge < -0.3 is 19.1 Å². The zero-order valence-electron chi connectivity index (χ0n) is 13.1. The van der Waals surface area contributed by atoms with Crippen molar-refractivity contribution in [3.63, 3.8) is 0 Å². The molecule has 116 valence electrons. The first kappa shape index (κ1) is 17.0. The van der Waals surface area contributed by atoms with E-state index in [1.807, 2.05) is 26.8 Å². The molecule has 0 aromatic rings. The summed E-state index contributed by atoms with van der Waals surface area (Å²) in [6, 6.07) is 0. The van der Waals surface area contributed by atoms with Crippen molar-refractivity contribution in [2.75, 3.05) is 26.8 Å². The van der Waals surface area contributed by atoms with Crippen LogP contribution in [0.15, 0.2) is 12.7 Å². The lowest BCUT2D eigenvalue weighted by Gasteiger charge is -2.38. The van der Waals surface area contributed by atoms with Crippen LogP contribution in [0, 0.1) is 0 Å². The third-order valence-corrected chi connectivity index (χ3v) is 3.11. The summed E-state index contributed by atoms with van der Waals surface area (Å²) in [6.45, 7) is 11.0. The SMILES string of the molecule is C=CCCO[C@@H]1CN(C(=O)OC(C)(C)C)CC[C@@H]1OC. The Morgan fingerprint density at radius 1 is 1.40 bits per heavy atom. The molecule has 5 nitrogen and oxygen atoms in total. The highest BCUT2D eigenvalue weighted by Crippen LogP contribution is 2.19. The Hall–Kier alpha value is -1.07. The van der Waals surface area contributed by atoms with E-state index in [1.165, 1.54) is 0 Å². The molecule has 2 atom stereocenters. The molecule has 1 fully saturated rings.